The van der Waals surface area contributed by atoms with E-state index in [1.807, 2.05) is 4.90 Å². The van der Waals surface area contributed by atoms with Gasteiger partial charge in [0.15, 0.2) is 0 Å². The van der Waals surface area contributed by atoms with E-state index in [9.17, 15) is 18.3 Å². The average Bonchev–Trinajstić information content (AvgIpc) is 2.83. The summed E-state index contributed by atoms with van der Waals surface area (Å²) in [4.78, 5) is 1.91. The minimum absolute atomic E-state index is 0.111. The van der Waals surface area contributed by atoms with Gasteiger partial charge in [-0.25, -0.2) is 0 Å². The van der Waals surface area contributed by atoms with Crippen molar-refractivity contribution in [1.82, 2.24) is 0 Å². The fourth-order valence-corrected chi connectivity index (χ4v) is 2.88. The highest BCUT2D eigenvalue weighted by molar-refractivity contribution is 5.57. The Morgan fingerprint density at radius 2 is 1.95 bits per heavy atom. The molecule has 3 rings (SSSR count). The second-order valence-corrected chi connectivity index (χ2v) is 5.31. The molecule has 1 unspecified atom stereocenters. The first-order valence-corrected chi connectivity index (χ1v) is 6.86. The molecule has 1 heterocycles. The van der Waals surface area contributed by atoms with Crippen LogP contribution >= 0.6 is 0 Å². The van der Waals surface area contributed by atoms with Gasteiger partial charge in [-0.15, -0.1) is 0 Å². The lowest BCUT2D eigenvalue weighted by atomic mass is 10.0. The maximum Gasteiger partial charge on any atom is 0.416 e. The molecule has 0 aromatic heterocycles. The molecule has 22 heavy (non-hydrogen) atoms. The molecule has 2 aromatic rings. The van der Waals surface area contributed by atoms with E-state index in [4.69, 9.17) is 5.73 Å². The zero-order valence-corrected chi connectivity index (χ0v) is 11.6. The number of fused-ring (bicyclic) bond motifs is 1. The van der Waals surface area contributed by atoms with E-state index in [1.165, 1.54) is 12.1 Å². The van der Waals surface area contributed by atoms with Crippen molar-refractivity contribution >= 4 is 5.69 Å². The Balaban J connectivity index is 2.01. The van der Waals surface area contributed by atoms with Crippen LogP contribution in [0.25, 0.3) is 0 Å². The first-order valence-electron chi connectivity index (χ1n) is 6.86. The molecule has 0 spiro atoms. The number of nitrogens with two attached hydrogens (primary N) is 1. The van der Waals surface area contributed by atoms with Crippen molar-refractivity contribution in [3.05, 3.63) is 59.2 Å². The number of halogens is 3. The van der Waals surface area contributed by atoms with Crippen molar-refractivity contribution in [1.29, 1.82) is 0 Å². The largest absolute Gasteiger partial charge is 0.508 e. The van der Waals surface area contributed by atoms with E-state index in [1.54, 1.807) is 24.3 Å². The minimum atomic E-state index is -4.37. The fourth-order valence-electron chi connectivity index (χ4n) is 2.88. The van der Waals surface area contributed by atoms with Crippen LogP contribution in [0.1, 0.15) is 22.7 Å². The van der Waals surface area contributed by atoms with E-state index in [2.05, 4.69) is 0 Å². The van der Waals surface area contributed by atoms with Crippen LogP contribution < -0.4 is 10.6 Å². The normalized spacial score (nSPS) is 17.6. The van der Waals surface area contributed by atoms with Crippen LogP contribution in [0.5, 0.6) is 5.75 Å². The first-order chi connectivity index (χ1) is 10.4. The molecular formula is C16H15F3N2O. The molecule has 6 heteroatoms. The number of phenols is 1. The number of hydrogen-bond acceptors (Lipinski definition) is 3. The maximum atomic E-state index is 12.9. The average molecular weight is 308 g/mol. The molecule has 1 aliphatic rings. The lowest BCUT2D eigenvalue weighted by Gasteiger charge is -2.26. The summed E-state index contributed by atoms with van der Waals surface area (Å²) in [6.45, 7) is 0.669. The lowest BCUT2D eigenvalue weighted by Crippen LogP contribution is -2.27. The van der Waals surface area contributed by atoms with E-state index in [0.717, 1.165) is 17.3 Å². The highest BCUT2D eigenvalue weighted by Crippen LogP contribution is 2.40. The first kappa shape index (κ1) is 14.7. The number of phenolic OH excluding ortho intramolecular Hbond substituents is 1. The number of alkyl halides is 3. The molecule has 1 aliphatic heterocycles. The number of hydrogen-bond donors (Lipinski definition) is 2. The summed E-state index contributed by atoms with van der Waals surface area (Å²) in [5, 5.41) is 9.59. The van der Waals surface area contributed by atoms with E-state index in [0.29, 0.717) is 12.1 Å². The van der Waals surface area contributed by atoms with Crippen LogP contribution in [0.3, 0.4) is 0 Å². The SMILES string of the molecule is NCC1c2cc(C(F)(F)F)ccc2CN1c1cccc(O)c1. The summed E-state index contributed by atoms with van der Waals surface area (Å²) < 4.78 is 38.6. The molecule has 116 valence electrons. The third-order valence-electron chi connectivity index (χ3n) is 3.93. The quantitative estimate of drug-likeness (QED) is 0.893. The molecule has 2 aromatic carbocycles. The Morgan fingerprint density at radius 3 is 2.59 bits per heavy atom. The zero-order valence-electron chi connectivity index (χ0n) is 11.6. The summed E-state index contributed by atoms with van der Waals surface area (Å²) in [5.41, 5.74) is 7.28. The topological polar surface area (TPSA) is 49.5 Å². The van der Waals surface area contributed by atoms with Gasteiger partial charge in [0.1, 0.15) is 5.75 Å². The van der Waals surface area contributed by atoms with E-state index >= 15 is 0 Å². The molecular weight excluding hydrogens is 293 g/mol. The van der Waals surface area contributed by atoms with Crippen LogP contribution in [0.15, 0.2) is 42.5 Å². The molecule has 0 aliphatic carbocycles. The number of aromatic hydroxyl groups is 1. The molecule has 0 bridgehead atoms. The van der Waals surface area contributed by atoms with Gasteiger partial charge in [-0.2, -0.15) is 13.2 Å². The Hall–Kier alpha value is -2.21. The Kier molecular flexibility index (Phi) is 3.48. The third-order valence-corrected chi connectivity index (χ3v) is 3.93. The van der Waals surface area contributed by atoms with Crippen LogP contribution in [-0.2, 0) is 12.7 Å². The van der Waals surface area contributed by atoms with Gasteiger partial charge in [-0.05, 0) is 35.4 Å². The third kappa shape index (κ3) is 2.50. The lowest BCUT2D eigenvalue weighted by molar-refractivity contribution is -0.137. The molecule has 0 fully saturated rings. The van der Waals surface area contributed by atoms with Crippen molar-refractivity contribution < 1.29 is 18.3 Å². The Labute approximate surface area is 125 Å². The van der Waals surface area contributed by atoms with Gasteiger partial charge >= 0.3 is 6.18 Å². The molecule has 0 saturated heterocycles. The van der Waals surface area contributed by atoms with Crippen molar-refractivity contribution in [3.63, 3.8) is 0 Å². The molecule has 0 amide bonds. The highest BCUT2D eigenvalue weighted by Gasteiger charge is 2.35. The van der Waals surface area contributed by atoms with Gasteiger partial charge in [-0.1, -0.05) is 12.1 Å². The number of nitrogens with zero attached hydrogens (tertiary/aromatic N) is 1. The summed E-state index contributed by atoms with van der Waals surface area (Å²) in [6.07, 6.45) is -4.37. The molecule has 3 nitrogen and oxygen atoms in total. The molecule has 1 atom stereocenters. The number of rotatable bonds is 2. The van der Waals surface area contributed by atoms with Crippen molar-refractivity contribution in [3.8, 4) is 5.75 Å². The van der Waals surface area contributed by atoms with Crippen molar-refractivity contribution in [2.45, 2.75) is 18.8 Å². The Bertz CT molecular complexity index is 700. The van der Waals surface area contributed by atoms with Gasteiger partial charge in [0.05, 0.1) is 11.6 Å². The predicted octanol–water partition coefficient (Wildman–Crippen LogP) is 3.43. The minimum Gasteiger partial charge on any atom is -0.508 e. The summed E-state index contributed by atoms with van der Waals surface area (Å²) in [5.74, 6) is 0.111. The van der Waals surface area contributed by atoms with Crippen LogP contribution in [0, 0.1) is 0 Å². The second-order valence-electron chi connectivity index (χ2n) is 5.31. The van der Waals surface area contributed by atoms with Gasteiger partial charge in [-0.3, -0.25) is 0 Å². The standard InChI is InChI=1S/C16H15F3N2O/c17-16(18,19)11-5-4-10-9-21(15(8-20)14(10)6-11)12-2-1-3-13(22)7-12/h1-7,15,22H,8-9,20H2. The van der Waals surface area contributed by atoms with Gasteiger partial charge in [0.2, 0.25) is 0 Å². The van der Waals surface area contributed by atoms with E-state index in [-0.39, 0.29) is 18.3 Å². The number of benzene rings is 2. The van der Waals surface area contributed by atoms with Crippen molar-refractivity contribution in [2.24, 2.45) is 5.73 Å². The van der Waals surface area contributed by atoms with Crippen LogP contribution in [0.2, 0.25) is 0 Å². The van der Waals surface area contributed by atoms with E-state index < -0.39 is 11.7 Å². The van der Waals surface area contributed by atoms with Crippen LogP contribution in [0.4, 0.5) is 18.9 Å². The summed E-state index contributed by atoms with van der Waals surface area (Å²) >= 11 is 0. The maximum absolute atomic E-state index is 12.9. The van der Waals surface area contributed by atoms with Crippen LogP contribution in [-0.4, -0.2) is 11.7 Å². The fraction of sp³-hybridized carbons (Fsp3) is 0.250. The Morgan fingerprint density at radius 1 is 1.18 bits per heavy atom. The van der Waals surface area contributed by atoms with Gasteiger partial charge in [0.25, 0.3) is 0 Å². The molecule has 0 radical (unpaired) electrons. The second kappa shape index (κ2) is 5.21. The van der Waals surface area contributed by atoms with Gasteiger partial charge < -0.3 is 15.7 Å². The molecule has 0 saturated carbocycles. The highest BCUT2D eigenvalue weighted by atomic mass is 19.4. The van der Waals surface area contributed by atoms with Gasteiger partial charge in [0, 0.05) is 24.8 Å². The van der Waals surface area contributed by atoms with Crippen molar-refractivity contribution in [2.75, 3.05) is 11.4 Å². The molecule has 3 N–H and O–H groups in total. The number of anilines is 1. The monoisotopic (exact) mass is 308 g/mol. The smallest absolute Gasteiger partial charge is 0.416 e. The predicted molar refractivity (Wildman–Crippen MR) is 77.5 cm³/mol. The summed E-state index contributed by atoms with van der Waals surface area (Å²) in [7, 11) is 0. The summed E-state index contributed by atoms with van der Waals surface area (Å²) in [6, 6.07) is 10.1. The zero-order chi connectivity index (χ0) is 15.9.